The molecule has 0 aliphatic carbocycles. The number of hydrogen-bond acceptors (Lipinski definition) is 7. The van der Waals surface area contributed by atoms with E-state index in [2.05, 4.69) is 0 Å². The van der Waals surface area contributed by atoms with Crippen LogP contribution in [0.3, 0.4) is 0 Å². The van der Waals surface area contributed by atoms with Gasteiger partial charge in [0, 0.05) is 16.9 Å². The second-order valence-electron chi connectivity index (χ2n) is 5.46. The molecule has 2 unspecified atom stereocenters. The van der Waals surface area contributed by atoms with Gasteiger partial charge in [0.25, 0.3) is 0 Å². The van der Waals surface area contributed by atoms with E-state index in [1.807, 2.05) is 0 Å². The molecule has 1 aromatic heterocycles. The van der Waals surface area contributed by atoms with Gasteiger partial charge in [0.2, 0.25) is 0 Å². The highest BCUT2D eigenvalue weighted by molar-refractivity contribution is 5.97. The summed E-state index contributed by atoms with van der Waals surface area (Å²) in [6.45, 7) is 1.56. The fourth-order valence-electron chi connectivity index (χ4n) is 2.59. The lowest BCUT2D eigenvalue weighted by Gasteiger charge is -2.17. The monoisotopic (exact) mass is 361 g/mol. The second kappa shape index (κ2) is 8.80. The Morgan fingerprint density at radius 3 is 2.42 bits per heavy atom. The second-order valence-corrected chi connectivity index (χ2v) is 5.46. The highest BCUT2D eigenvalue weighted by Crippen LogP contribution is 2.29. The third-order valence-electron chi connectivity index (χ3n) is 3.86. The number of hydrogen-bond donors (Lipinski definition) is 0. The topological polar surface area (TPSA) is 109 Å². The van der Waals surface area contributed by atoms with Crippen LogP contribution in [0.2, 0.25) is 0 Å². The number of ketones is 1. The van der Waals surface area contributed by atoms with Gasteiger partial charge in [-0.05, 0) is 43.3 Å². The molecule has 0 N–H and O–H groups in total. The minimum Gasteiger partial charge on any atom is -0.497 e. The average Bonchev–Trinajstić information content (AvgIpc) is 3.15. The Balaban J connectivity index is 2.30. The molecule has 0 saturated heterocycles. The number of furan rings is 1. The molecule has 2 rings (SSSR count). The van der Waals surface area contributed by atoms with Crippen LogP contribution in [0.4, 0.5) is 0 Å². The molecule has 0 aliphatic heterocycles. The van der Waals surface area contributed by atoms with E-state index in [1.165, 1.54) is 19.4 Å². The molecule has 0 aliphatic rings. The zero-order valence-corrected chi connectivity index (χ0v) is 14.4. The maximum absolute atomic E-state index is 12.6. The van der Waals surface area contributed by atoms with Gasteiger partial charge in [0.15, 0.2) is 5.78 Å². The van der Waals surface area contributed by atoms with Crippen LogP contribution in [0.1, 0.15) is 35.4 Å². The molecule has 8 nitrogen and oxygen atoms in total. The number of ether oxygens (including phenoxy) is 2. The summed E-state index contributed by atoms with van der Waals surface area (Å²) in [6, 6.07) is 7.67. The van der Waals surface area contributed by atoms with Crippen molar-refractivity contribution < 1.29 is 28.4 Å². The fourth-order valence-corrected chi connectivity index (χ4v) is 2.59. The highest BCUT2D eigenvalue weighted by Gasteiger charge is 2.43. The van der Waals surface area contributed by atoms with E-state index in [-0.39, 0.29) is 24.6 Å². The maximum atomic E-state index is 12.6. The van der Waals surface area contributed by atoms with Crippen molar-refractivity contribution in [1.82, 2.24) is 0 Å². The van der Waals surface area contributed by atoms with E-state index in [9.17, 15) is 19.7 Å². The van der Waals surface area contributed by atoms with Gasteiger partial charge in [0.1, 0.15) is 17.4 Å². The molecule has 0 bridgehead atoms. The summed E-state index contributed by atoms with van der Waals surface area (Å²) in [6.07, 6.45) is 1.06. The van der Waals surface area contributed by atoms with Crippen LogP contribution in [-0.4, -0.2) is 36.4 Å². The van der Waals surface area contributed by atoms with Crippen molar-refractivity contribution in [3.8, 4) is 5.75 Å². The lowest BCUT2D eigenvalue weighted by molar-refractivity contribution is -0.515. The number of rotatable bonds is 9. The first-order chi connectivity index (χ1) is 12.5. The quantitative estimate of drug-likeness (QED) is 0.292. The Bertz CT molecular complexity index is 752. The predicted octanol–water partition coefficient (Wildman–Crippen LogP) is 2.85. The summed E-state index contributed by atoms with van der Waals surface area (Å²) >= 11 is 0. The summed E-state index contributed by atoms with van der Waals surface area (Å²) in [5.41, 5.74) is 0.355. The smallest absolute Gasteiger partial charge is 0.382 e. The molecular weight excluding hydrogens is 342 g/mol. The Kier molecular flexibility index (Phi) is 6.48. The molecule has 2 aromatic rings. The van der Waals surface area contributed by atoms with E-state index in [0.29, 0.717) is 11.3 Å². The van der Waals surface area contributed by atoms with Gasteiger partial charge in [-0.3, -0.25) is 14.9 Å². The molecule has 2 atom stereocenters. The number of esters is 1. The Hall–Kier alpha value is -3.16. The third-order valence-corrected chi connectivity index (χ3v) is 3.86. The van der Waals surface area contributed by atoms with Crippen molar-refractivity contribution in [2.75, 3.05) is 13.7 Å². The van der Waals surface area contributed by atoms with Gasteiger partial charge in [-0.25, -0.2) is 4.79 Å². The first-order valence-corrected chi connectivity index (χ1v) is 7.98. The van der Waals surface area contributed by atoms with Crippen LogP contribution in [0.5, 0.6) is 5.75 Å². The molecule has 138 valence electrons. The van der Waals surface area contributed by atoms with Crippen molar-refractivity contribution in [3.63, 3.8) is 0 Å². The van der Waals surface area contributed by atoms with Gasteiger partial charge in [-0.2, -0.15) is 0 Å². The first kappa shape index (κ1) is 19.2. The summed E-state index contributed by atoms with van der Waals surface area (Å²) < 4.78 is 15.1. The van der Waals surface area contributed by atoms with E-state index < -0.39 is 22.9 Å². The zero-order chi connectivity index (χ0) is 19.1. The molecule has 8 heteroatoms. The van der Waals surface area contributed by atoms with Gasteiger partial charge in [-0.1, -0.05) is 0 Å². The molecule has 1 aromatic carbocycles. The molecule has 1 heterocycles. The summed E-state index contributed by atoms with van der Waals surface area (Å²) in [7, 11) is 1.50. The van der Waals surface area contributed by atoms with Gasteiger partial charge in [0.05, 0.1) is 20.0 Å². The highest BCUT2D eigenvalue weighted by atomic mass is 16.6. The van der Waals surface area contributed by atoms with Gasteiger partial charge < -0.3 is 13.9 Å². The Labute approximate surface area is 149 Å². The van der Waals surface area contributed by atoms with Crippen molar-refractivity contribution in [1.29, 1.82) is 0 Å². The van der Waals surface area contributed by atoms with Gasteiger partial charge in [-0.15, -0.1) is 0 Å². The lowest BCUT2D eigenvalue weighted by atomic mass is 9.89. The Morgan fingerprint density at radius 2 is 1.92 bits per heavy atom. The summed E-state index contributed by atoms with van der Waals surface area (Å²) in [5.74, 6) is -1.67. The van der Waals surface area contributed by atoms with E-state index in [4.69, 9.17) is 13.9 Å². The number of Topliss-reactive ketones (excluding diaryl/α,β-unsaturated/α-hetero) is 1. The van der Waals surface area contributed by atoms with Crippen molar-refractivity contribution in [2.24, 2.45) is 0 Å². The third kappa shape index (κ3) is 4.47. The van der Waals surface area contributed by atoms with Crippen molar-refractivity contribution in [3.05, 3.63) is 64.1 Å². The average molecular weight is 361 g/mol. The molecule has 0 saturated carbocycles. The van der Waals surface area contributed by atoms with Crippen molar-refractivity contribution >= 4 is 11.8 Å². The minimum atomic E-state index is -1.73. The number of nitro groups is 1. The number of carbonyl (C=O) groups is 2. The van der Waals surface area contributed by atoms with Crippen LogP contribution in [0.25, 0.3) is 0 Å². The number of carbonyl (C=O) groups excluding carboxylic acids is 2. The van der Waals surface area contributed by atoms with E-state index >= 15 is 0 Å². The largest absolute Gasteiger partial charge is 0.497 e. The first-order valence-electron chi connectivity index (χ1n) is 7.98. The number of benzene rings is 1. The van der Waals surface area contributed by atoms with Crippen LogP contribution in [-0.2, 0) is 9.53 Å². The zero-order valence-electron chi connectivity index (χ0n) is 14.4. The van der Waals surface area contributed by atoms with Gasteiger partial charge >= 0.3 is 12.0 Å². The predicted molar refractivity (Wildman–Crippen MR) is 90.8 cm³/mol. The van der Waals surface area contributed by atoms with Crippen LogP contribution in [0, 0.1) is 10.1 Å². The normalized spacial score (nSPS) is 12.8. The summed E-state index contributed by atoms with van der Waals surface area (Å²) in [4.78, 5) is 35.4. The van der Waals surface area contributed by atoms with Crippen LogP contribution >= 0.6 is 0 Å². The molecule has 0 spiro atoms. The number of methoxy groups -OCH3 is 1. The maximum Gasteiger partial charge on any atom is 0.382 e. The minimum absolute atomic E-state index is 0.000471. The standard InChI is InChI=1S/C18H19NO7/c1-3-25-18(21)17(19(22)23)14(16-5-4-10-26-16)11-15(20)12-6-8-13(24-2)9-7-12/h4-10,14,17H,3,11H2,1-2H3. The van der Waals surface area contributed by atoms with Crippen molar-refractivity contribution in [2.45, 2.75) is 25.3 Å². The lowest BCUT2D eigenvalue weighted by Crippen LogP contribution is -2.38. The Morgan fingerprint density at radius 1 is 1.23 bits per heavy atom. The van der Waals surface area contributed by atoms with E-state index in [1.54, 1.807) is 37.3 Å². The van der Waals surface area contributed by atoms with Crippen LogP contribution in [0.15, 0.2) is 47.1 Å². The molecule has 0 radical (unpaired) electrons. The molecule has 26 heavy (non-hydrogen) atoms. The number of nitrogens with zero attached hydrogens (tertiary/aromatic N) is 1. The summed E-state index contributed by atoms with van der Waals surface area (Å²) in [5, 5.41) is 11.5. The molecule has 0 amide bonds. The molecular formula is C18H19NO7. The molecule has 0 fully saturated rings. The fraction of sp³-hybridized carbons (Fsp3) is 0.333. The van der Waals surface area contributed by atoms with E-state index in [0.717, 1.165) is 0 Å². The SMILES string of the molecule is CCOC(=O)C(C(CC(=O)c1ccc(OC)cc1)c1ccco1)[N+](=O)[O-]. The van der Waals surface area contributed by atoms with Crippen LogP contribution < -0.4 is 4.74 Å².